The van der Waals surface area contributed by atoms with Gasteiger partial charge in [-0.05, 0) is 24.1 Å². The van der Waals surface area contributed by atoms with Crippen molar-refractivity contribution in [1.82, 2.24) is 19.7 Å². The van der Waals surface area contributed by atoms with Crippen LogP contribution in [-0.4, -0.2) is 19.7 Å². The zero-order chi connectivity index (χ0) is 13.5. The Morgan fingerprint density at radius 2 is 2.15 bits per heavy atom. The monoisotopic (exact) mass is 265 g/mol. The molecule has 0 saturated carbocycles. The molecule has 5 heteroatoms. The number of hydrogen-bond acceptors (Lipinski definition) is 4. The molecule has 1 atom stereocenters. The van der Waals surface area contributed by atoms with Crippen LogP contribution in [0.4, 0.5) is 5.95 Å². The van der Waals surface area contributed by atoms with Crippen LogP contribution in [0.3, 0.4) is 0 Å². The molecule has 20 heavy (non-hydrogen) atoms. The fourth-order valence-corrected chi connectivity index (χ4v) is 2.91. The summed E-state index contributed by atoms with van der Waals surface area (Å²) in [7, 11) is 0. The Balaban J connectivity index is 1.70. The first-order valence-corrected chi connectivity index (χ1v) is 6.83. The molecule has 0 aliphatic carbocycles. The Kier molecular flexibility index (Phi) is 2.45. The van der Waals surface area contributed by atoms with Crippen LogP contribution in [0.1, 0.15) is 23.7 Å². The van der Waals surface area contributed by atoms with Crippen molar-refractivity contribution >= 4 is 16.9 Å². The molecule has 1 aromatic carbocycles. The highest BCUT2D eigenvalue weighted by Crippen LogP contribution is 2.29. The number of aromatic nitrogens is 4. The van der Waals surface area contributed by atoms with Gasteiger partial charge in [0.15, 0.2) is 0 Å². The summed E-state index contributed by atoms with van der Waals surface area (Å²) in [4.78, 5) is 8.79. The quantitative estimate of drug-likeness (QED) is 0.732. The summed E-state index contributed by atoms with van der Waals surface area (Å²) in [6.07, 6.45) is 3.97. The highest BCUT2D eigenvalue weighted by atomic mass is 15.4. The van der Waals surface area contributed by atoms with E-state index in [0.29, 0.717) is 11.9 Å². The smallest absolute Gasteiger partial charge is 0.239 e. The molecule has 5 nitrogen and oxygen atoms in total. The summed E-state index contributed by atoms with van der Waals surface area (Å²) in [5.41, 5.74) is 7.97. The number of fused-ring (bicyclic) bond motifs is 2. The maximum atomic E-state index is 5.66. The van der Waals surface area contributed by atoms with Gasteiger partial charge in [-0.1, -0.05) is 18.2 Å². The molecule has 4 rings (SSSR count). The van der Waals surface area contributed by atoms with Crippen LogP contribution < -0.4 is 5.73 Å². The van der Waals surface area contributed by atoms with Crippen LogP contribution in [0.5, 0.6) is 0 Å². The minimum atomic E-state index is 0.372. The SMILES string of the molecule is Nc1nc2n(n1)CC(c1cnc3ccccc3c1)CC2. The lowest BCUT2D eigenvalue weighted by molar-refractivity contribution is 0.423. The van der Waals surface area contributed by atoms with Crippen molar-refractivity contribution in [2.75, 3.05) is 5.73 Å². The van der Waals surface area contributed by atoms with E-state index < -0.39 is 0 Å². The van der Waals surface area contributed by atoms with Gasteiger partial charge in [0.05, 0.1) is 12.1 Å². The van der Waals surface area contributed by atoms with E-state index in [1.165, 1.54) is 10.9 Å². The van der Waals surface area contributed by atoms with E-state index in [2.05, 4.69) is 27.2 Å². The van der Waals surface area contributed by atoms with Gasteiger partial charge >= 0.3 is 0 Å². The number of hydrogen-bond donors (Lipinski definition) is 1. The zero-order valence-corrected chi connectivity index (χ0v) is 11.0. The largest absolute Gasteiger partial charge is 0.366 e. The molecule has 1 aliphatic rings. The number of para-hydroxylation sites is 1. The summed E-state index contributed by atoms with van der Waals surface area (Å²) in [6, 6.07) is 10.4. The van der Waals surface area contributed by atoms with E-state index >= 15 is 0 Å². The first kappa shape index (κ1) is 11.4. The van der Waals surface area contributed by atoms with Crippen LogP contribution in [0, 0.1) is 0 Å². The number of aryl methyl sites for hydroxylation is 1. The molecule has 3 heterocycles. The van der Waals surface area contributed by atoms with Crippen molar-refractivity contribution in [2.24, 2.45) is 0 Å². The van der Waals surface area contributed by atoms with Gasteiger partial charge in [-0.25, -0.2) is 4.68 Å². The molecule has 1 aliphatic heterocycles. The summed E-state index contributed by atoms with van der Waals surface area (Å²) < 4.78 is 1.93. The number of nitrogens with zero attached hydrogens (tertiary/aromatic N) is 4. The van der Waals surface area contributed by atoms with Crippen molar-refractivity contribution in [3.05, 3.63) is 47.9 Å². The Bertz CT molecular complexity index is 777. The van der Waals surface area contributed by atoms with Crippen LogP contribution in [0.2, 0.25) is 0 Å². The lowest BCUT2D eigenvalue weighted by atomic mass is 9.92. The molecule has 0 amide bonds. The van der Waals surface area contributed by atoms with Gasteiger partial charge in [-0.2, -0.15) is 4.98 Å². The Labute approximate surface area is 116 Å². The van der Waals surface area contributed by atoms with Gasteiger partial charge in [0.1, 0.15) is 5.82 Å². The molecule has 0 saturated heterocycles. The number of benzene rings is 1. The summed E-state index contributed by atoms with van der Waals surface area (Å²) in [5.74, 6) is 1.80. The minimum Gasteiger partial charge on any atom is -0.366 e. The van der Waals surface area contributed by atoms with Crippen LogP contribution >= 0.6 is 0 Å². The van der Waals surface area contributed by atoms with Crippen molar-refractivity contribution < 1.29 is 0 Å². The lowest BCUT2D eigenvalue weighted by Gasteiger charge is -2.22. The molecule has 100 valence electrons. The molecular formula is C15H15N5. The van der Waals surface area contributed by atoms with E-state index in [1.807, 2.05) is 29.1 Å². The second kappa shape index (κ2) is 4.30. The average molecular weight is 265 g/mol. The molecule has 0 fully saturated rings. The van der Waals surface area contributed by atoms with E-state index in [4.69, 9.17) is 5.73 Å². The Hall–Kier alpha value is -2.43. The second-order valence-corrected chi connectivity index (χ2v) is 5.27. The summed E-state index contributed by atoms with van der Waals surface area (Å²) >= 11 is 0. The van der Waals surface area contributed by atoms with Crippen molar-refractivity contribution in [3.8, 4) is 0 Å². The number of nitrogen functional groups attached to an aromatic ring is 1. The first-order valence-electron chi connectivity index (χ1n) is 6.83. The first-order chi connectivity index (χ1) is 9.79. The fourth-order valence-electron chi connectivity index (χ4n) is 2.91. The van der Waals surface area contributed by atoms with Gasteiger partial charge in [0, 0.05) is 23.9 Å². The maximum Gasteiger partial charge on any atom is 0.239 e. The minimum absolute atomic E-state index is 0.372. The Morgan fingerprint density at radius 1 is 1.25 bits per heavy atom. The summed E-state index contributed by atoms with van der Waals surface area (Å²) in [6.45, 7) is 0.833. The van der Waals surface area contributed by atoms with Crippen LogP contribution in [-0.2, 0) is 13.0 Å². The fraction of sp³-hybridized carbons (Fsp3) is 0.267. The standard InChI is InChI=1S/C15H15N5/c16-15-18-14-6-5-11(9-20(14)19-15)12-7-10-3-1-2-4-13(10)17-8-12/h1-4,7-8,11H,5-6,9H2,(H2,16,19). The summed E-state index contributed by atoms with van der Waals surface area (Å²) in [5, 5.41) is 5.44. The van der Waals surface area contributed by atoms with Gasteiger partial charge in [-0.15, -0.1) is 5.10 Å². The number of nitrogens with two attached hydrogens (primary N) is 1. The highest BCUT2D eigenvalue weighted by molar-refractivity contribution is 5.78. The lowest BCUT2D eigenvalue weighted by Crippen LogP contribution is -2.20. The van der Waals surface area contributed by atoms with Crippen LogP contribution in [0.15, 0.2) is 36.5 Å². The third-order valence-electron chi connectivity index (χ3n) is 3.96. The number of rotatable bonds is 1. The van der Waals surface area contributed by atoms with Gasteiger partial charge in [-0.3, -0.25) is 4.98 Å². The topological polar surface area (TPSA) is 69.6 Å². The molecule has 0 radical (unpaired) electrons. The molecule has 3 aromatic rings. The molecule has 0 bridgehead atoms. The van der Waals surface area contributed by atoms with Crippen molar-refractivity contribution in [2.45, 2.75) is 25.3 Å². The normalized spacial score (nSPS) is 18.1. The molecular weight excluding hydrogens is 250 g/mol. The highest BCUT2D eigenvalue weighted by Gasteiger charge is 2.22. The molecule has 2 N–H and O–H groups in total. The molecule has 1 unspecified atom stereocenters. The van der Waals surface area contributed by atoms with Gasteiger partial charge in [0.25, 0.3) is 0 Å². The number of anilines is 1. The van der Waals surface area contributed by atoms with Crippen molar-refractivity contribution in [1.29, 1.82) is 0 Å². The number of pyridine rings is 1. The average Bonchev–Trinajstić information content (AvgIpc) is 2.85. The third-order valence-corrected chi connectivity index (χ3v) is 3.96. The molecule has 2 aromatic heterocycles. The van der Waals surface area contributed by atoms with E-state index in [1.54, 1.807) is 0 Å². The van der Waals surface area contributed by atoms with E-state index in [0.717, 1.165) is 30.7 Å². The zero-order valence-electron chi connectivity index (χ0n) is 11.0. The van der Waals surface area contributed by atoms with Gasteiger partial charge in [0.2, 0.25) is 5.95 Å². The second-order valence-electron chi connectivity index (χ2n) is 5.27. The third kappa shape index (κ3) is 1.82. The molecule has 0 spiro atoms. The van der Waals surface area contributed by atoms with Crippen molar-refractivity contribution in [3.63, 3.8) is 0 Å². The van der Waals surface area contributed by atoms with E-state index in [-0.39, 0.29) is 0 Å². The predicted molar refractivity (Wildman–Crippen MR) is 77.2 cm³/mol. The predicted octanol–water partition coefficient (Wildman–Crippen LogP) is 2.14. The maximum absolute atomic E-state index is 5.66. The van der Waals surface area contributed by atoms with Crippen LogP contribution in [0.25, 0.3) is 10.9 Å². The van der Waals surface area contributed by atoms with E-state index in [9.17, 15) is 0 Å². The van der Waals surface area contributed by atoms with Gasteiger partial charge < -0.3 is 5.73 Å². The Morgan fingerprint density at radius 3 is 3.10 bits per heavy atom.